The smallest absolute Gasteiger partial charge is 0.255 e. The first kappa shape index (κ1) is 21.0. The van der Waals surface area contributed by atoms with Gasteiger partial charge in [-0.2, -0.15) is 0 Å². The summed E-state index contributed by atoms with van der Waals surface area (Å²) in [6.45, 7) is 5.86. The topological polar surface area (TPSA) is 80.7 Å². The van der Waals surface area contributed by atoms with Crippen molar-refractivity contribution in [3.05, 3.63) is 65.0 Å². The quantitative estimate of drug-likeness (QED) is 0.796. The normalized spacial score (nSPS) is 23.2. The first-order valence-corrected chi connectivity index (χ1v) is 10.6. The number of aliphatic imine (C=N–C) groups is 1. The molecule has 1 fully saturated rings. The van der Waals surface area contributed by atoms with E-state index in [1.54, 1.807) is 19.4 Å². The van der Waals surface area contributed by atoms with E-state index < -0.39 is 11.8 Å². The number of amides is 1. The zero-order valence-electron chi connectivity index (χ0n) is 18.3. The minimum atomic E-state index is -0.432. The number of nitrogens with zero attached hydrogens (tertiary/aromatic N) is 2. The Bertz CT molecular complexity index is 1090. The molecule has 6 heteroatoms. The van der Waals surface area contributed by atoms with Crippen LogP contribution in [0.4, 0.5) is 5.82 Å². The van der Waals surface area contributed by atoms with Crippen LogP contribution in [0.5, 0.6) is 5.75 Å². The van der Waals surface area contributed by atoms with Crippen LogP contribution in [0.1, 0.15) is 43.7 Å². The van der Waals surface area contributed by atoms with E-state index in [1.807, 2.05) is 44.2 Å². The van der Waals surface area contributed by atoms with E-state index in [0.717, 1.165) is 23.3 Å². The molecular formula is C25H27N3O3. The molecule has 4 rings (SSSR count). The molecule has 2 aliphatic rings. The highest BCUT2D eigenvalue weighted by Crippen LogP contribution is 2.44. The van der Waals surface area contributed by atoms with Gasteiger partial charge in [-0.3, -0.25) is 14.6 Å². The first-order valence-electron chi connectivity index (χ1n) is 10.6. The van der Waals surface area contributed by atoms with Crippen molar-refractivity contribution in [2.24, 2.45) is 16.8 Å². The lowest BCUT2D eigenvalue weighted by Gasteiger charge is -2.37. The fraction of sp³-hybridized carbons (Fsp3) is 0.360. The lowest BCUT2D eigenvalue weighted by molar-refractivity contribution is -0.123. The van der Waals surface area contributed by atoms with Crippen LogP contribution in [0.2, 0.25) is 0 Å². The van der Waals surface area contributed by atoms with E-state index in [1.165, 1.54) is 0 Å². The number of hydrogen-bond acceptors (Lipinski definition) is 5. The van der Waals surface area contributed by atoms with Gasteiger partial charge in [0.25, 0.3) is 5.91 Å². The summed E-state index contributed by atoms with van der Waals surface area (Å²) < 4.78 is 5.41. The Kier molecular flexibility index (Phi) is 5.72. The maximum absolute atomic E-state index is 13.4. The Balaban J connectivity index is 1.80. The Morgan fingerprint density at radius 2 is 1.94 bits per heavy atom. The third kappa shape index (κ3) is 4.15. The number of ketones is 1. The second kappa shape index (κ2) is 8.46. The van der Waals surface area contributed by atoms with Gasteiger partial charge in [0.15, 0.2) is 0 Å². The van der Waals surface area contributed by atoms with Gasteiger partial charge in [0.2, 0.25) is 0 Å². The number of Topliss-reactive ketones (excluding diaryl/α,β-unsaturated/α-hetero) is 1. The molecule has 0 bridgehead atoms. The molecule has 31 heavy (non-hydrogen) atoms. The van der Waals surface area contributed by atoms with Gasteiger partial charge < -0.3 is 10.1 Å². The molecule has 2 aromatic rings. The second-order valence-corrected chi connectivity index (χ2v) is 8.49. The Morgan fingerprint density at radius 3 is 2.65 bits per heavy atom. The predicted octanol–water partition coefficient (Wildman–Crippen LogP) is 4.46. The van der Waals surface area contributed by atoms with Crippen LogP contribution in [-0.4, -0.2) is 29.5 Å². The van der Waals surface area contributed by atoms with Gasteiger partial charge >= 0.3 is 0 Å². The molecule has 3 atom stereocenters. The number of ether oxygens (including phenoxy) is 1. The highest BCUT2D eigenvalue weighted by Gasteiger charge is 2.44. The van der Waals surface area contributed by atoms with Crippen molar-refractivity contribution in [1.29, 1.82) is 0 Å². The largest absolute Gasteiger partial charge is 0.497 e. The molecule has 6 nitrogen and oxygen atoms in total. The van der Waals surface area contributed by atoms with Crippen LogP contribution in [0.15, 0.2) is 58.9 Å². The number of carbonyl (C=O) groups excluding carboxylic acids is 2. The zero-order valence-corrected chi connectivity index (χ0v) is 18.3. The van der Waals surface area contributed by atoms with Crippen molar-refractivity contribution in [1.82, 2.24) is 4.98 Å². The van der Waals surface area contributed by atoms with Gasteiger partial charge in [0.05, 0.1) is 13.0 Å². The maximum atomic E-state index is 13.4. The molecule has 2 heterocycles. The fourth-order valence-electron chi connectivity index (χ4n) is 4.60. The summed E-state index contributed by atoms with van der Waals surface area (Å²) in [5.74, 6) is 0.433. The number of aromatic nitrogens is 1. The average molecular weight is 418 g/mol. The van der Waals surface area contributed by atoms with Gasteiger partial charge in [-0.1, -0.05) is 25.1 Å². The zero-order chi connectivity index (χ0) is 22.1. The molecule has 1 aromatic heterocycles. The Morgan fingerprint density at radius 1 is 1.13 bits per heavy atom. The first-order chi connectivity index (χ1) is 14.9. The maximum Gasteiger partial charge on any atom is 0.255 e. The number of allylic oxidation sites excluding steroid dienone is 1. The van der Waals surface area contributed by atoms with Gasteiger partial charge in [-0.15, -0.1) is 0 Å². The van der Waals surface area contributed by atoms with E-state index in [2.05, 4.69) is 17.2 Å². The number of hydrogen-bond donors (Lipinski definition) is 1. The molecule has 1 N–H and O–H groups in total. The number of methoxy groups -OCH3 is 1. The van der Waals surface area contributed by atoms with Crippen LogP contribution < -0.4 is 10.1 Å². The predicted molar refractivity (Wildman–Crippen MR) is 120 cm³/mol. The monoisotopic (exact) mass is 417 g/mol. The standard InChI is InChI=1S/C25H27N3O3/c1-14-8-9-21(26-13-14)28-25(30)22-16(3)27-19-10-15(2)11-20(29)24(19)23(22)17-6-5-7-18(12-17)31-4/h5-9,12-13,15,23-24H,10-11H2,1-4H3,(H,26,28,30)/t15-,23+,24-/m1/s1. The number of fused-ring (bicyclic) bond motifs is 1. The number of carbonyl (C=O) groups is 2. The van der Waals surface area contributed by atoms with E-state index in [4.69, 9.17) is 9.73 Å². The molecule has 1 aromatic carbocycles. The van der Waals surface area contributed by atoms with Gasteiger partial charge in [0.1, 0.15) is 17.4 Å². The van der Waals surface area contributed by atoms with Crippen LogP contribution in [0.3, 0.4) is 0 Å². The number of rotatable bonds is 4. The van der Waals surface area contributed by atoms with E-state index in [-0.39, 0.29) is 17.6 Å². The summed E-state index contributed by atoms with van der Waals surface area (Å²) in [4.78, 5) is 35.6. The molecule has 1 saturated carbocycles. The summed E-state index contributed by atoms with van der Waals surface area (Å²) in [6.07, 6.45) is 2.97. The minimum Gasteiger partial charge on any atom is -0.497 e. The van der Waals surface area contributed by atoms with Crippen molar-refractivity contribution < 1.29 is 14.3 Å². The molecule has 0 unspecified atom stereocenters. The van der Waals surface area contributed by atoms with Gasteiger partial charge in [0, 0.05) is 35.5 Å². The number of pyridine rings is 1. The molecule has 0 saturated heterocycles. The summed E-state index contributed by atoms with van der Waals surface area (Å²) in [6, 6.07) is 11.3. The van der Waals surface area contributed by atoms with Crippen LogP contribution in [0, 0.1) is 18.8 Å². The molecule has 0 radical (unpaired) electrons. The SMILES string of the molecule is COc1cccc([C@H]2C(C(=O)Nc3ccc(C)cn3)=C(C)N=C3C[C@@H](C)CC(=O)[C@@H]32)c1. The summed E-state index contributed by atoms with van der Waals surface area (Å²) in [7, 11) is 1.61. The molecular weight excluding hydrogens is 390 g/mol. The highest BCUT2D eigenvalue weighted by atomic mass is 16.5. The Labute approximate surface area is 182 Å². The van der Waals surface area contributed by atoms with E-state index in [0.29, 0.717) is 29.3 Å². The van der Waals surface area contributed by atoms with Crippen molar-refractivity contribution in [2.75, 3.05) is 12.4 Å². The summed E-state index contributed by atoms with van der Waals surface area (Å²) >= 11 is 0. The third-order valence-corrected chi connectivity index (χ3v) is 6.01. The van der Waals surface area contributed by atoms with E-state index in [9.17, 15) is 9.59 Å². The molecule has 1 amide bonds. The minimum absolute atomic E-state index is 0.136. The number of aryl methyl sites for hydroxylation is 1. The molecule has 1 aliphatic carbocycles. The number of benzene rings is 1. The lowest BCUT2D eigenvalue weighted by Crippen LogP contribution is -2.41. The second-order valence-electron chi connectivity index (χ2n) is 8.49. The summed E-state index contributed by atoms with van der Waals surface area (Å²) in [5, 5.41) is 2.90. The fourth-order valence-corrected chi connectivity index (χ4v) is 4.60. The van der Waals surface area contributed by atoms with Gasteiger partial charge in [-0.05, 0) is 55.5 Å². The average Bonchev–Trinajstić information content (AvgIpc) is 2.74. The molecule has 160 valence electrons. The number of nitrogens with one attached hydrogen (secondary N) is 1. The highest BCUT2D eigenvalue weighted by molar-refractivity contribution is 6.14. The molecule has 0 spiro atoms. The van der Waals surface area contributed by atoms with Crippen LogP contribution >= 0.6 is 0 Å². The number of anilines is 1. The summed E-state index contributed by atoms with van der Waals surface area (Å²) in [5.41, 5.74) is 3.91. The van der Waals surface area contributed by atoms with Crippen molar-refractivity contribution in [3.63, 3.8) is 0 Å². The molecule has 1 aliphatic heterocycles. The van der Waals surface area contributed by atoms with Crippen molar-refractivity contribution in [2.45, 2.75) is 39.5 Å². The van der Waals surface area contributed by atoms with Crippen molar-refractivity contribution in [3.8, 4) is 5.75 Å². The third-order valence-electron chi connectivity index (χ3n) is 6.01. The lowest BCUT2D eigenvalue weighted by atomic mass is 9.67. The van der Waals surface area contributed by atoms with E-state index >= 15 is 0 Å². The van der Waals surface area contributed by atoms with Crippen LogP contribution in [0.25, 0.3) is 0 Å². The Hall–Kier alpha value is -3.28. The van der Waals surface area contributed by atoms with Gasteiger partial charge in [-0.25, -0.2) is 4.98 Å². The van der Waals surface area contributed by atoms with Crippen LogP contribution in [-0.2, 0) is 9.59 Å². The van der Waals surface area contributed by atoms with Crippen molar-refractivity contribution >= 4 is 23.2 Å².